The molecule has 4 rings (SSSR count). The number of fused-ring (bicyclic) bond motifs is 3. The molecule has 23 heavy (non-hydrogen) atoms. The third kappa shape index (κ3) is 2.29. The first-order chi connectivity index (χ1) is 11.2. The van der Waals surface area contributed by atoms with Gasteiger partial charge >= 0.3 is 0 Å². The van der Waals surface area contributed by atoms with Gasteiger partial charge in [0.2, 0.25) is 5.16 Å². The van der Waals surface area contributed by atoms with Crippen molar-refractivity contribution in [3.05, 3.63) is 58.1 Å². The molecule has 1 aromatic carbocycles. The van der Waals surface area contributed by atoms with Gasteiger partial charge in [-0.05, 0) is 36.6 Å². The second-order valence-corrected chi connectivity index (χ2v) is 6.04. The van der Waals surface area contributed by atoms with Crippen molar-refractivity contribution < 1.29 is 0 Å². The zero-order valence-corrected chi connectivity index (χ0v) is 13.5. The molecule has 114 valence electrons. The van der Waals surface area contributed by atoms with E-state index in [4.69, 9.17) is 11.6 Å². The SMILES string of the molecule is CSc1nc2ncc3c(=O)n(-c4ccc(Cl)cc4)ccc3n2n1. The molecular formula is C15H10ClN5OS. The summed E-state index contributed by atoms with van der Waals surface area (Å²) in [6, 6.07) is 8.92. The highest BCUT2D eigenvalue weighted by atomic mass is 35.5. The van der Waals surface area contributed by atoms with Crippen LogP contribution in [0.3, 0.4) is 0 Å². The molecule has 0 atom stereocenters. The molecule has 0 spiro atoms. The Morgan fingerprint density at radius 2 is 1.96 bits per heavy atom. The average Bonchev–Trinajstić information content (AvgIpc) is 3.00. The van der Waals surface area contributed by atoms with Gasteiger partial charge in [-0.25, -0.2) is 4.98 Å². The van der Waals surface area contributed by atoms with Gasteiger partial charge in [0.25, 0.3) is 11.3 Å². The maximum atomic E-state index is 12.8. The molecule has 6 nitrogen and oxygen atoms in total. The third-order valence-corrected chi connectivity index (χ3v) is 4.29. The molecule has 0 bridgehead atoms. The average molecular weight is 344 g/mol. The maximum absolute atomic E-state index is 12.8. The number of aromatic nitrogens is 5. The fourth-order valence-electron chi connectivity index (χ4n) is 2.39. The normalized spacial score (nSPS) is 11.4. The van der Waals surface area contributed by atoms with E-state index in [-0.39, 0.29) is 5.56 Å². The van der Waals surface area contributed by atoms with Crippen LogP contribution in [0.1, 0.15) is 0 Å². The zero-order chi connectivity index (χ0) is 16.0. The summed E-state index contributed by atoms with van der Waals surface area (Å²) in [5.41, 5.74) is 1.25. The second-order valence-electron chi connectivity index (χ2n) is 4.83. The smallest absolute Gasteiger partial charge is 0.266 e. The van der Waals surface area contributed by atoms with Crippen LogP contribution >= 0.6 is 23.4 Å². The predicted octanol–water partition coefficient (Wildman–Crippen LogP) is 2.80. The van der Waals surface area contributed by atoms with Gasteiger partial charge in [-0.2, -0.15) is 9.50 Å². The van der Waals surface area contributed by atoms with Crippen LogP contribution in [-0.4, -0.2) is 30.4 Å². The van der Waals surface area contributed by atoms with Crippen LogP contribution in [0, 0.1) is 0 Å². The van der Waals surface area contributed by atoms with Crippen LogP contribution in [0.5, 0.6) is 0 Å². The number of nitrogens with zero attached hydrogens (tertiary/aromatic N) is 5. The van der Waals surface area contributed by atoms with Crippen LogP contribution < -0.4 is 5.56 Å². The summed E-state index contributed by atoms with van der Waals surface area (Å²) in [4.78, 5) is 21.3. The van der Waals surface area contributed by atoms with Crippen molar-refractivity contribution in [3.63, 3.8) is 0 Å². The molecule has 4 aromatic rings. The lowest BCUT2D eigenvalue weighted by molar-refractivity contribution is 0.904. The molecule has 0 aliphatic rings. The van der Waals surface area contributed by atoms with Crippen molar-refractivity contribution in [1.29, 1.82) is 0 Å². The molecule has 0 N–H and O–H groups in total. The molecule has 0 radical (unpaired) electrons. The first kappa shape index (κ1) is 14.2. The Balaban J connectivity index is 2.00. The highest BCUT2D eigenvalue weighted by Crippen LogP contribution is 2.16. The topological polar surface area (TPSA) is 65.1 Å². The fraction of sp³-hybridized carbons (Fsp3) is 0.0667. The number of hydrogen-bond donors (Lipinski definition) is 0. The molecule has 0 amide bonds. The lowest BCUT2D eigenvalue weighted by Crippen LogP contribution is -2.18. The lowest BCUT2D eigenvalue weighted by atomic mass is 10.2. The second kappa shape index (κ2) is 5.36. The van der Waals surface area contributed by atoms with E-state index in [1.54, 1.807) is 39.5 Å². The first-order valence-corrected chi connectivity index (χ1v) is 8.35. The molecule has 0 aliphatic carbocycles. The van der Waals surface area contributed by atoms with E-state index in [1.165, 1.54) is 18.0 Å². The Bertz CT molecular complexity index is 1090. The van der Waals surface area contributed by atoms with Gasteiger partial charge in [-0.15, -0.1) is 5.10 Å². The summed E-state index contributed by atoms with van der Waals surface area (Å²) in [6.45, 7) is 0. The molecule has 8 heteroatoms. The van der Waals surface area contributed by atoms with E-state index >= 15 is 0 Å². The Kier molecular flexibility index (Phi) is 3.32. The number of benzene rings is 1. The van der Waals surface area contributed by atoms with E-state index < -0.39 is 0 Å². The van der Waals surface area contributed by atoms with Gasteiger partial charge < -0.3 is 0 Å². The Morgan fingerprint density at radius 3 is 2.70 bits per heavy atom. The molecule has 3 aromatic heterocycles. The van der Waals surface area contributed by atoms with Crippen LogP contribution in [0.4, 0.5) is 0 Å². The zero-order valence-electron chi connectivity index (χ0n) is 12.0. The molecular weight excluding hydrogens is 334 g/mol. The quantitative estimate of drug-likeness (QED) is 0.524. The predicted molar refractivity (Wildman–Crippen MR) is 90.7 cm³/mol. The van der Waals surface area contributed by atoms with Crippen molar-refractivity contribution in [2.24, 2.45) is 0 Å². The summed E-state index contributed by atoms with van der Waals surface area (Å²) < 4.78 is 3.15. The van der Waals surface area contributed by atoms with Gasteiger partial charge in [-0.1, -0.05) is 23.4 Å². The Labute approximate surface area is 139 Å². The highest BCUT2D eigenvalue weighted by Gasteiger charge is 2.11. The minimum Gasteiger partial charge on any atom is -0.284 e. The Hall–Kier alpha value is -2.38. The van der Waals surface area contributed by atoms with Crippen LogP contribution in [0.15, 0.2) is 52.7 Å². The molecule has 0 unspecified atom stereocenters. The van der Waals surface area contributed by atoms with E-state index in [0.29, 0.717) is 26.9 Å². The molecule has 3 heterocycles. The minimum atomic E-state index is -0.166. The molecule has 0 saturated carbocycles. The number of thioether (sulfide) groups is 1. The van der Waals surface area contributed by atoms with Gasteiger partial charge in [-0.3, -0.25) is 9.36 Å². The van der Waals surface area contributed by atoms with Crippen LogP contribution in [0.25, 0.3) is 22.4 Å². The van der Waals surface area contributed by atoms with Gasteiger partial charge in [0.1, 0.15) is 0 Å². The first-order valence-electron chi connectivity index (χ1n) is 6.74. The summed E-state index contributed by atoms with van der Waals surface area (Å²) in [6.07, 6.45) is 5.15. The van der Waals surface area contributed by atoms with Crippen molar-refractivity contribution in [1.82, 2.24) is 24.1 Å². The largest absolute Gasteiger partial charge is 0.284 e. The monoisotopic (exact) mass is 343 g/mol. The van der Waals surface area contributed by atoms with E-state index in [1.807, 2.05) is 12.3 Å². The van der Waals surface area contributed by atoms with Crippen molar-refractivity contribution in [3.8, 4) is 5.69 Å². The fourth-order valence-corrected chi connectivity index (χ4v) is 2.85. The molecule has 0 fully saturated rings. The lowest BCUT2D eigenvalue weighted by Gasteiger charge is -2.07. The minimum absolute atomic E-state index is 0.166. The summed E-state index contributed by atoms with van der Waals surface area (Å²) >= 11 is 7.33. The van der Waals surface area contributed by atoms with Crippen molar-refractivity contribution >= 4 is 40.0 Å². The number of rotatable bonds is 2. The van der Waals surface area contributed by atoms with E-state index in [2.05, 4.69) is 15.1 Å². The van der Waals surface area contributed by atoms with Gasteiger partial charge in [0.15, 0.2) is 0 Å². The van der Waals surface area contributed by atoms with E-state index in [9.17, 15) is 4.79 Å². The Morgan fingerprint density at radius 1 is 1.17 bits per heavy atom. The maximum Gasteiger partial charge on any atom is 0.266 e. The van der Waals surface area contributed by atoms with Crippen LogP contribution in [-0.2, 0) is 0 Å². The molecule has 0 aliphatic heterocycles. The molecule has 0 saturated heterocycles. The van der Waals surface area contributed by atoms with Gasteiger partial charge in [0.05, 0.1) is 10.9 Å². The van der Waals surface area contributed by atoms with Crippen molar-refractivity contribution in [2.75, 3.05) is 6.26 Å². The highest BCUT2D eigenvalue weighted by molar-refractivity contribution is 7.98. The van der Waals surface area contributed by atoms with E-state index in [0.717, 1.165) is 5.69 Å². The number of pyridine rings is 1. The summed E-state index contributed by atoms with van der Waals surface area (Å²) in [5, 5.41) is 6.07. The van der Waals surface area contributed by atoms with Gasteiger partial charge in [0, 0.05) is 23.1 Å². The van der Waals surface area contributed by atoms with Crippen LogP contribution in [0.2, 0.25) is 5.02 Å². The summed E-state index contributed by atoms with van der Waals surface area (Å²) in [7, 11) is 0. The number of hydrogen-bond acceptors (Lipinski definition) is 5. The standard InChI is InChI=1S/C15H10ClN5OS/c1-23-15-18-14-17-8-11-12(21(14)19-15)6-7-20(13(11)22)10-4-2-9(16)3-5-10/h2-8H,1H3. The third-order valence-electron chi connectivity index (χ3n) is 3.50. The van der Waals surface area contributed by atoms with Crippen molar-refractivity contribution in [2.45, 2.75) is 5.16 Å². The summed E-state index contributed by atoms with van der Waals surface area (Å²) in [5.74, 6) is 0.477. The number of halogens is 1.